The third kappa shape index (κ3) is 3.79. The van der Waals surface area contributed by atoms with Crippen LogP contribution in [0.4, 0.5) is 4.39 Å². The number of benzene rings is 1. The van der Waals surface area contributed by atoms with Gasteiger partial charge in [0.2, 0.25) is 0 Å². The average Bonchev–Trinajstić information content (AvgIpc) is 2.34. The van der Waals surface area contributed by atoms with Crippen molar-refractivity contribution in [3.63, 3.8) is 0 Å². The minimum absolute atomic E-state index is 0.0524. The van der Waals surface area contributed by atoms with Crippen molar-refractivity contribution in [2.24, 2.45) is 5.92 Å². The molecule has 0 aliphatic carbocycles. The number of nitrogens with zero attached hydrogens (tertiary/aromatic N) is 1. The summed E-state index contributed by atoms with van der Waals surface area (Å²) in [5, 5.41) is 8.79. The van der Waals surface area contributed by atoms with Crippen LogP contribution >= 0.6 is 0 Å². The van der Waals surface area contributed by atoms with Crippen molar-refractivity contribution < 1.29 is 19.1 Å². The first-order chi connectivity index (χ1) is 9.23. The molecule has 0 atom stereocenters. The van der Waals surface area contributed by atoms with E-state index < -0.39 is 17.7 Å². The zero-order valence-electron chi connectivity index (χ0n) is 12.2. The number of carboxylic acid groups (broad SMARTS) is 1. The number of halogens is 1. The van der Waals surface area contributed by atoms with Crippen LogP contribution in [0, 0.1) is 11.7 Å². The Morgan fingerprint density at radius 2 is 1.85 bits per heavy atom. The van der Waals surface area contributed by atoms with Crippen molar-refractivity contribution in [1.29, 1.82) is 0 Å². The fourth-order valence-corrected chi connectivity index (χ4v) is 1.90. The maximum Gasteiger partial charge on any atom is 0.335 e. The van der Waals surface area contributed by atoms with E-state index in [9.17, 15) is 14.0 Å². The average molecular weight is 281 g/mol. The van der Waals surface area contributed by atoms with Gasteiger partial charge in [-0.1, -0.05) is 13.8 Å². The first kappa shape index (κ1) is 16.1. The molecule has 1 rings (SSSR count). The van der Waals surface area contributed by atoms with Crippen LogP contribution in [0.25, 0.3) is 0 Å². The van der Waals surface area contributed by atoms with Crippen molar-refractivity contribution in [3.05, 3.63) is 35.1 Å². The molecule has 0 aliphatic heterocycles. The van der Waals surface area contributed by atoms with E-state index in [0.717, 1.165) is 6.07 Å². The summed E-state index contributed by atoms with van der Waals surface area (Å²) in [5.41, 5.74) is -0.261. The van der Waals surface area contributed by atoms with Gasteiger partial charge in [0.1, 0.15) is 5.82 Å². The number of hydrogen-bond donors (Lipinski definition) is 1. The first-order valence-electron chi connectivity index (χ1n) is 6.57. The third-order valence-corrected chi connectivity index (χ3v) is 2.89. The predicted octanol–water partition coefficient (Wildman–Crippen LogP) is 3.03. The van der Waals surface area contributed by atoms with Gasteiger partial charge in [0.05, 0.1) is 11.1 Å². The minimum Gasteiger partial charge on any atom is -0.478 e. The van der Waals surface area contributed by atoms with Crippen molar-refractivity contribution in [3.8, 4) is 0 Å². The summed E-state index contributed by atoms with van der Waals surface area (Å²) in [4.78, 5) is 24.7. The topological polar surface area (TPSA) is 57.6 Å². The van der Waals surface area contributed by atoms with Crippen molar-refractivity contribution in [2.45, 2.75) is 33.7 Å². The highest BCUT2D eigenvalue weighted by Gasteiger charge is 2.23. The second-order valence-corrected chi connectivity index (χ2v) is 5.44. The highest BCUT2D eigenvalue weighted by atomic mass is 19.1. The Morgan fingerprint density at radius 1 is 1.25 bits per heavy atom. The molecular formula is C15H20FNO3. The van der Waals surface area contributed by atoms with Crippen molar-refractivity contribution in [1.82, 2.24) is 4.90 Å². The molecule has 0 aromatic heterocycles. The summed E-state index contributed by atoms with van der Waals surface area (Å²) in [6.07, 6.45) is 0. The van der Waals surface area contributed by atoms with Gasteiger partial charge in [0, 0.05) is 12.6 Å². The zero-order chi connectivity index (χ0) is 15.4. The molecule has 110 valence electrons. The highest BCUT2D eigenvalue weighted by molar-refractivity contribution is 5.96. The van der Waals surface area contributed by atoms with Gasteiger partial charge in [0.15, 0.2) is 0 Å². The molecule has 0 fully saturated rings. The Hall–Kier alpha value is -1.91. The van der Waals surface area contributed by atoms with Gasteiger partial charge in [-0.05, 0) is 38.0 Å². The summed E-state index contributed by atoms with van der Waals surface area (Å²) in [6.45, 7) is 8.21. The lowest BCUT2D eigenvalue weighted by atomic mass is 10.1. The van der Waals surface area contributed by atoms with Crippen LogP contribution < -0.4 is 0 Å². The normalized spacial score (nSPS) is 10.9. The number of hydrogen-bond acceptors (Lipinski definition) is 2. The number of carbonyl (C=O) groups excluding carboxylic acids is 1. The molecule has 20 heavy (non-hydrogen) atoms. The molecule has 0 saturated carbocycles. The Kier molecular flexibility index (Phi) is 5.25. The van der Waals surface area contributed by atoms with Gasteiger partial charge in [-0.15, -0.1) is 0 Å². The monoisotopic (exact) mass is 281 g/mol. The van der Waals surface area contributed by atoms with E-state index in [0.29, 0.717) is 6.54 Å². The smallest absolute Gasteiger partial charge is 0.335 e. The highest BCUT2D eigenvalue weighted by Crippen LogP contribution is 2.16. The lowest BCUT2D eigenvalue weighted by Gasteiger charge is -2.28. The third-order valence-electron chi connectivity index (χ3n) is 2.89. The molecule has 1 aromatic carbocycles. The van der Waals surface area contributed by atoms with Crippen LogP contribution in [0.5, 0.6) is 0 Å². The number of rotatable bonds is 5. The van der Waals surface area contributed by atoms with Crippen LogP contribution in [-0.2, 0) is 0 Å². The summed E-state index contributed by atoms with van der Waals surface area (Å²) < 4.78 is 13.9. The zero-order valence-corrected chi connectivity index (χ0v) is 12.2. The largest absolute Gasteiger partial charge is 0.478 e. The van der Waals surface area contributed by atoms with E-state index in [1.807, 2.05) is 27.7 Å². The molecule has 0 saturated heterocycles. The van der Waals surface area contributed by atoms with E-state index in [1.165, 1.54) is 12.1 Å². The van der Waals surface area contributed by atoms with Gasteiger partial charge < -0.3 is 10.0 Å². The molecule has 0 bridgehead atoms. The molecule has 1 aromatic rings. The predicted molar refractivity (Wildman–Crippen MR) is 74.4 cm³/mol. The molecule has 4 nitrogen and oxygen atoms in total. The fraction of sp³-hybridized carbons (Fsp3) is 0.467. The molecule has 1 amide bonds. The molecule has 0 heterocycles. The van der Waals surface area contributed by atoms with E-state index in [4.69, 9.17) is 5.11 Å². The summed E-state index contributed by atoms with van der Waals surface area (Å²) in [7, 11) is 0. The first-order valence-corrected chi connectivity index (χ1v) is 6.57. The van der Waals surface area contributed by atoms with Gasteiger partial charge in [-0.2, -0.15) is 0 Å². The summed E-state index contributed by atoms with van der Waals surface area (Å²) >= 11 is 0. The van der Waals surface area contributed by atoms with E-state index in [1.54, 1.807) is 4.90 Å². The molecule has 0 spiro atoms. The van der Waals surface area contributed by atoms with E-state index in [-0.39, 0.29) is 23.1 Å². The van der Waals surface area contributed by atoms with Crippen molar-refractivity contribution in [2.75, 3.05) is 6.54 Å². The summed E-state index contributed by atoms with van der Waals surface area (Å²) in [5.74, 6) is -2.17. The molecule has 5 heteroatoms. The Bertz CT molecular complexity index is 512. The minimum atomic E-state index is -1.22. The number of carbonyl (C=O) groups is 2. The van der Waals surface area contributed by atoms with E-state index in [2.05, 4.69) is 0 Å². The standard InChI is InChI=1S/C15H20FNO3/c1-9(2)8-17(10(3)4)14(18)12-6-5-11(15(19)20)7-13(12)16/h5-7,9-10H,8H2,1-4H3,(H,19,20). The maximum atomic E-state index is 13.9. The van der Waals surface area contributed by atoms with Crippen LogP contribution in [0.3, 0.4) is 0 Å². The lowest BCUT2D eigenvalue weighted by Crippen LogP contribution is -2.39. The Morgan fingerprint density at radius 3 is 2.25 bits per heavy atom. The van der Waals surface area contributed by atoms with Crippen LogP contribution in [0.15, 0.2) is 18.2 Å². The van der Waals surface area contributed by atoms with E-state index >= 15 is 0 Å². The van der Waals surface area contributed by atoms with Gasteiger partial charge >= 0.3 is 5.97 Å². The molecule has 0 unspecified atom stereocenters. The molecule has 0 aliphatic rings. The van der Waals surface area contributed by atoms with Gasteiger partial charge in [-0.3, -0.25) is 4.79 Å². The quantitative estimate of drug-likeness (QED) is 0.902. The van der Waals surface area contributed by atoms with Crippen molar-refractivity contribution >= 4 is 11.9 Å². The lowest BCUT2D eigenvalue weighted by molar-refractivity contribution is 0.0668. The van der Waals surface area contributed by atoms with Crippen LogP contribution in [-0.4, -0.2) is 34.5 Å². The number of amides is 1. The number of carboxylic acids is 1. The van der Waals surface area contributed by atoms with Gasteiger partial charge in [0.25, 0.3) is 5.91 Å². The fourth-order valence-electron chi connectivity index (χ4n) is 1.90. The number of aromatic carboxylic acids is 1. The Balaban J connectivity index is 3.09. The van der Waals surface area contributed by atoms with Crippen LogP contribution in [0.1, 0.15) is 48.4 Å². The molecule has 0 radical (unpaired) electrons. The maximum absolute atomic E-state index is 13.9. The SMILES string of the molecule is CC(C)CN(C(=O)c1ccc(C(=O)O)cc1F)C(C)C. The van der Waals surface area contributed by atoms with Crippen LogP contribution in [0.2, 0.25) is 0 Å². The molecular weight excluding hydrogens is 261 g/mol. The second kappa shape index (κ2) is 6.50. The molecule has 1 N–H and O–H groups in total. The Labute approximate surface area is 118 Å². The summed E-state index contributed by atoms with van der Waals surface area (Å²) in [6, 6.07) is 3.30. The van der Waals surface area contributed by atoms with Gasteiger partial charge in [-0.25, -0.2) is 9.18 Å². The second-order valence-electron chi connectivity index (χ2n) is 5.44.